The number of amides is 1. The Hall–Kier alpha value is -1.79. The number of methoxy groups -OCH3 is 2. The lowest BCUT2D eigenvalue weighted by Crippen LogP contribution is -2.33. The van der Waals surface area contributed by atoms with E-state index in [0.29, 0.717) is 17.2 Å². The average Bonchev–Trinajstić information content (AvgIpc) is 2.43. The molecule has 0 radical (unpaired) electrons. The highest BCUT2D eigenvalue weighted by Gasteiger charge is 2.08. The lowest BCUT2D eigenvalue weighted by Gasteiger charge is -2.13. The number of ether oxygens (including phenoxy) is 2. The van der Waals surface area contributed by atoms with Crippen LogP contribution in [0.3, 0.4) is 0 Å². The van der Waals surface area contributed by atoms with Crippen molar-refractivity contribution in [1.82, 2.24) is 10.2 Å². The molecule has 0 aromatic heterocycles. The third-order valence-electron chi connectivity index (χ3n) is 2.70. The molecule has 0 saturated carbocycles. The number of hydrogen-bond donors (Lipinski definition) is 2. The largest absolute Gasteiger partial charge is 0.497 e. The van der Waals surface area contributed by atoms with Gasteiger partial charge in [-0.15, -0.1) is 0 Å². The van der Waals surface area contributed by atoms with Crippen molar-refractivity contribution in [2.24, 2.45) is 0 Å². The van der Waals surface area contributed by atoms with Crippen LogP contribution < -0.4 is 20.1 Å². The van der Waals surface area contributed by atoms with Gasteiger partial charge in [0, 0.05) is 19.2 Å². The first kappa shape index (κ1) is 16.3. The van der Waals surface area contributed by atoms with E-state index in [2.05, 4.69) is 15.5 Å². The second-order valence-corrected chi connectivity index (χ2v) is 4.59. The summed E-state index contributed by atoms with van der Waals surface area (Å²) in [6.45, 7) is 1.90. The predicted molar refractivity (Wildman–Crippen MR) is 79.6 cm³/mol. The Morgan fingerprint density at radius 2 is 2.00 bits per heavy atom. The summed E-state index contributed by atoms with van der Waals surface area (Å²) < 4.78 is 10.3. The molecule has 6 heteroatoms. The van der Waals surface area contributed by atoms with E-state index in [4.69, 9.17) is 9.47 Å². The van der Waals surface area contributed by atoms with Gasteiger partial charge in [0.1, 0.15) is 11.5 Å². The minimum absolute atomic E-state index is 0.115. The Morgan fingerprint density at radius 1 is 1.25 bits per heavy atom. The van der Waals surface area contributed by atoms with Crippen LogP contribution in [0.2, 0.25) is 0 Å². The van der Waals surface area contributed by atoms with Crippen molar-refractivity contribution in [3.8, 4) is 11.5 Å². The summed E-state index contributed by atoms with van der Waals surface area (Å²) in [6.07, 6.45) is 0. The Balaban J connectivity index is 2.52. The van der Waals surface area contributed by atoms with E-state index in [1.165, 1.54) is 0 Å². The zero-order valence-electron chi connectivity index (χ0n) is 12.5. The number of nitrogens with zero attached hydrogens (tertiary/aromatic N) is 1. The summed E-state index contributed by atoms with van der Waals surface area (Å²) in [5, 5.41) is 5.88. The lowest BCUT2D eigenvalue weighted by molar-refractivity contribution is -0.115. The van der Waals surface area contributed by atoms with E-state index >= 15 is 0 Å². The highest BCUT2D eigenvalue weighted by molar-refractivity contribution is 5.93. The fraction of sp³-hybridized carbons (Fsp3) is 0.500. The van der Waals surface area contributed by atoms with Crippen LogP contribution in [0.1, 0.15) is 0 Å². The molecule has 0 bridgehead atoms. The Bertz CT molecular complexity index is 436. The Kier molecular flexibility index (Phi) is 6.83. The van der Waals surface area contributed by atoms with Crippen molar-refractivity contribution >= 4 is 11.6 Å². The number of benzene rings is 1. The molecular weight excluding hydrogens is 258 g/mol. The molecule has 0 spiro atoms. The zero-order valence-corrected chi connectivity index (χ0v) is 12.5. The first-order chi connectivity index (χ1) is 9.56. The summed E-state index contributed by atoms with van der Waals surface area (Å²) in [4.78, 5) is 13.9. The Morgan fingerprint density at radius 3 is 2.60 bits per heavy atom. The van der Waals surface area contributed by atoms with Gasteiger partial charge in [-0.25, -0.2) is 0 Å². The highest BCUT2D eigenvalue weighted by atomic mass is 16.5. The van der Waals surface area contributed by atoms with Gasteiger partial charge in [0.05, 0.1) is 26.5 Å². The molecule has 0 fully saturated rings. The second-order valence-electron chi connectivity index (χ2n) is 4.59. The SMILES string of the molecule is COc1ccc(OC)c(NC(=O)CNCCN(C)C)c1. The van der Waals surface area contributed by atoms with Crippen molar-refractivity contribution in [2.75, 3.05) is 53.3 Å². The van der Waals surface area contributed by atoms with Crippen molar-refractivity contribution < 1.29 is 14.3 Å². The molecule has 1 rings (SSSR count). The van der Waals surface area contributed by atoms with Crippen LogP contribution in [-0.4, -0.2) is 58.8 Å². The smallest absolute Gasteiger partial charge is 0.238 e. The Labute approximate surface area is 120 Å². The van der Waals surface area contributed by atoms with Gasteiger partial charge < -0.3 is 25.0 Å². The topological polar surface area (TPSA) is 62.8 Å². The van der Waals surface area contributed by atoms with Gasteiger partial charge in [-0.3, -0.25) is 4.79 Å². The van der Waals surface area contributed by atoms with Gasteiger partial charge in [0.15, 0.2) is 0 Å². The predicted octanol–water partition coefficient (Wildman–Crippen LogP) is 0.793. The van der Waals surface area contributed by atoms with Crippen LogP contribution in [0.4, 0.5) is 5.69 Å². The molecule has 0 heterocycles. The third-order valence-corrected chi connectivity index (χ3v) is 2.70. The van der Waals surface area contributed by atoms with Gasteiger partial charge in [0.2, 0.25) is 5.91 Å². The molecule has 1 amide bonds. The molecule has 2 N–H and O–H groups in total. The highest BCUT2D eigenvalue weighted by Crippen LogP contribution is 2.28. The number of hydrogen-bond acceptors (Lipinski definition) is 5. The monoisotopic (exact) mass is 281 g/mol. The first-order valence-corrected chi connectivity index (χ1v) is 6.44. The van der Waals surface area contributed by atoms with Crippen LogP contribution in [0.15, 0.2) is 18.2 Å². The average molecular weight is 281 g/mol. The number of anilines is 1. The standard InChI is InChI=1S/C14H23N3O3/c1-17(2)8-7-15-10-14(18)16-12-9-11(19-3)5-6-13(12)20-4/h5-6,9,15H,7-8,10H2,1-4H3,(H,16,18). The number of carbonyl (C=O) groups excluding carboxylic acids is 1. The number of nitrogens with one attached hydrogen (secondary N) is 2. The van der Waals surface area contributed by atoms with Crippen molar-refractivity contribution in [3.05, 3.63) is 18.2 Å². The summed E-state index contributed by atoms with van der Waals surface area (Å²) in [5.41, 5.74) is 0.603. The van der Waals surface area contributed by atoms with E-state index in [1.54, 1.807) is 32.4 Å². The minimum Gasteiger partial charge on any atom is -0.497 e. The number of carbonyl (C=O) groups is 1. The van der Waals surface area contributed by atoms with Crippen LogP contribution in [0, 0.1) is 0 Å². The maximum absolute atomic E-state index is 11.8. The summed E-state index contributed by atoms with van der Waals surface area (Å²) in [6, 6.07) is 5.27. The summed E-state index contributed by atoms with van der Waals surface area (Å²) in [7, 11) is 7.12. The molecule has 20 heavy (non-hydrogen) atoms. The van der Waals surface area contributed by atoms with Crippen LogP contribution in [0.5, 0.6) is 11.5 Å². The fourth-order valence-corrected chi connectivity index (χ4v) is 1.61. The fourth-order valence-electron chi connectivity index (χ4n) is 1.61. The van der Waals surface area contributed by atoms with Gasteiger partial charge in [-0.2, -0.15) is 0 Å². The summed E-state index contributed by atoms with van der Waals surface area (Å²) in [5.74, 6) is 1.16. The quantitative estimate of drug-likeness (QED) is 0.690. The van der Waals surface area contributed by atoms with Gasteiger partial charge in [-0.1, -0.05) is 0 Å². The van der Waals surface area contributed by atoms with E-state index in [9.17, 15) is 4.79 Å². The minimum atomic E-state index is -0.115. The molecule has 0 atom stereocenters. The van der Waals surface area contributed by atoms with E-state index < -0.39 is 0 Å². The van der Waals surface area contributed by atoms with Crippen LogP contribution >= 0.6 is 0 Å². The molecule has 1 aromatic carbocycles. The molecule has 1 aromatic rings. The van der Waals surface area contributed by atoms with Crippen LogP contribution in [-0.2, 0) is 4.79 Å². The van der Waals surface area contributed by atoms with Gasteiger partial charge in [0.25, 0.3) is 0 Å². The normalized spacial score (nSPS) is 10.4. The van der Waals surface area contributed by atoms with Crippen molar-refractivity contribution in [3.63, 3.8) is 0 Å². The molecule has 0 aliphatic rings. The molecule has 0 aliphatic heterocycles. The van der Waals surface area contributed by atoms with E-state index in [1.807, 2.05) is 14.1 Å². The van der Waals surface area contributed by atoms with E-state index in [0.717, 1.165) is 13.1 Å². The van der Waals surface area contributed by atoms with Crippen molar-refractivity contribution in [1.29, 1.82) is 0 Å². The zero-order chi connectivity index (χ0) is 15.0. The molecule has 0 aliphatic carbocycles. The van der Waals surface area contributed by atoms with Crippen LogP contribution in [0.25, 0.3) is 0 Å². The second kappa shape index (κ2) is 8.39. The number of likely N-dealkylation sites (N-methyl/N-ethyl adjacent to an activating group) is 1. The summed E-state index contributed by atoms with van der Waals surface area (Å²) >= 11 is 0. The lowest BCUT2D eigenvalue weighted by atomic mass is 10.2. The maximum atomic E-state index is 11.8. The molecule has 112 valence electrons. The molecule has 6 nitrogen and oxygen atoms in total. The first-order valence-electron chi connectivity index (χ1n) is 6.44. The molecular formula is C14H23N3O3. The third kappa shape index (κ3) is 5.46. The maximum Gasteiger partial charge on any atom is 0.238 e. The van der Waals surface area contributed by atoms with Gasteiger partial charge >= 0.3 is 0 Å². The molecule has 0 saturated heterocycles. The molecule has 0 unspecified atom stereocenters. The van der Waals surface area contributed by atoms with Crippen molar-refractivity contribution in [2.45, 2.75) is 0 Å². The van der Waals surface area contributed by atoms with E-state index in [-0.39, 0.29) is 12.5 Å². The number of rotatable bonds is 8. The van der Waals surface area contributed by atoms with Gasteiger partial charge in [-0.05, 0) is 26.2 Å².